The van der Waals surface area contributed by atoms with Crippen LogP contribution in [0.4, 0.5) is 13.2 Å². The fourth-order valence-corrected chi connectivity index (χ4v) is 3.25. The third-order valence-corrected chi connectivity index (χ3v) is 4.69. The predicted octanol–water partition coefficient (Wildman–Crippen LogP) is 6.77. The van der Waals surface area contributed by atoms with Crippen LogP contribution in [-0.2, 0) is 0 Å². The smallest absolute Gasteiger partial charge is 0.301 e. The van der Waals surface area contributed by atoms with Gasteiger partial charge in [0.1, 0.15) is 5.75 Å². The second-order valence-corrected chi connectivity index (χ2v) is 6.36. The molecule has 1 aliphatic rings. The van der Waals surface area contributed by atoms with E-state index in [1.807, 2.05) is 30.3 Å². The molecule has 0 atom stereocenters. The summed E-state index contributed by atoms with van der Waals surface area (Å²) in [6, 6.07) is 7.98. The predicted molar refractivity (Wildman–Crippen MR) is 91.0 cm³/mol. The quantitative estimate of drug-likeness (QED) is 0.375. The van der Waals surface area contributed by atoms with E-state index in [4.69, 9.17) is 4.74 Å². The Morgan fingerprint density at radius 1 is 1.04 bits per heavy atom. The lowest BCUT2D eigenvalue weighted by molar-refractivity contribution is 0.281. The van der Waals surface area contributed by atoms with E-state index < -0.39 is 17.8 Å². The molecule has 0 bridgehead atoms. The second-order valence-electron chi connectivity index (χ2n) is 6.36. The van der Waals surface area contributed by atoms with E-state index in [1.165, 1.54) is 5.56 Å². The van der Waals surface area contributed by atoms with Gasteiger partial charge < -0.3 is 4.74 Å². The van der Waals surface area contributed by atoms with Gasteiger partial charge in [-0.25, -0.2) is 4.39 Å². The molecule has 1 aromatic rings. The maximum atomic E-state index is 13.3. The van der Waals surface area contributed by atoms with Crippen molar-refractivity contribution in [2.24, 2.45) is 5.92 Å². The lowest BCUT2D eigenvalue weighted by Gasteiger charge is -2.27. The van der Waals surface area contributed by atoms with Crippen molar-refractivity contribution in [2.45, 2.75) is 50.9 Å². The average molecular weight is 338 g/mol. The molecule has 1 saturated carbocycles. The zero-order valence-corrected chi connectivity index (χ0v) is 13.9. The first-order valence-electron chi connectivity index (χ1n) is 8.66. The molecule has 24 heavy (non-hydrogen) atoms. The van der Waals surface area contributed by atoms with E-state index in [0.29, 0.717) is 25.4 Å². The Morgan fingerprint density at radius 3 is 2.29 bits per heavy atom. The highest BCUT2D eigenvalue weighted by atomic mass is 19.3. The number of hydrogen-bond acceptors (Lipinski definition) is 1. The molecule has 0 amide bonds. The molecule has 0 saturated heterocycles. The Hall–Kier alpha value is -1.71. The maximum absolute atomic E-state index is 13.3. The lowest BCUT2D eigenvalue weighted by atomic mass is 9.78. The normalized spacial score (nSPS) is 20.5. The van der Waals surface area contributed by atoms with Gasteiger partial charge >= 0.3 is 6.08 Å². The van der Waals surface area contributed by atoms with Crippen LogP contribution in [0.15, 0.2) is 48.8 Å². The topological polar surface area (TPSA) is 9.23 Å². The van der Waals surface area contributed by atoms with Crippen LogP contribution in [0.3, 0.4) is 0 Å². The highest BCUT2D eigenvalue weighted by molar-refractivity contribution is 5.29. The van der Waals surface area contributed by atoms with Crippen molar-refractivity contribution in [3.63, 3.8) is 0 Å². The lowest BCUT2D eigenvalue weighted by Crippen LogP contribution is -2.14. The molecule has 0 aromatic heterocycles. The Bertz CT molecular complexity index is 539. The van der Waals surface area contributed by atoms with Crippen LogP contribution in [0.1, 0.15) is 56.4 Å². The molecule has 1 aromatic carbocycles. The third kappa shape index (κ3) is 5.43. The molecule has 1 aliphatic carbocycles. The molecule has 132 valence electrons. The van der Waals surface area contributed by atoms with Gasteiger partial charge in [0.2, 0.25) is 0 Å². The molecule has 0 spiro atoms. The number of allylic oxidation sites excluding steroid dienone is 2. The van der Waals surface area contributed by atoms with Gasteiger partial charge in [0.05, 0.1) is 6.61 Å². The van der Waals surface area contributed by atoms with E-state index in [9.17, 15) is 13.2 Å². The maximum Gasteiger partial charge on any atom is 0.301 e. The molecule has 4 heteroatoms. The third-order valence-electron chi connectivity index (χ3n) is 4.69. The van der Waals surface area contributed by atoms with Gasteiger partial charge in [-0.3, -0.25) is 0 Å². The van der Waals surface area contributed by atoms with Crippen LogP contribution in [-0.4, -0.2) is 6.61 Å². The fraction of sp³-hybridized carbons (Fsp3) is 0.500. The minimum atomic E-state index is -2.16. The van der Waals surface area contributed by atoms with Gasteiger partial charge in [-0.15, -0.1) is 6.58 Å². The summed E-state index contributed by atoms with van der Waals surface area (Å²) >= 11 is 0. The summed E-state index contributed by atoms with van der Waals surface area (Å²) in [6.07, 6.45) is 5.29. The summed E-state index contributed by atoms with van der Waals surface area (Å²) in [5.74, 6) is -0.657. The molecule has 1 fully saturated rings. The zero-order valence-electron chi connectivity index (χ0n) is 13.9. The summed E-state index contributed by atoms with van der Waals surface area (Å²) in [6.45, 7) is 4.39. The summed E-state index contributed by atoms with van der Waals surface area (Å²) in [5.41, 5.74) is 1.18. The van der Waals surface area contributed by atoms with E-state index >= 15 is 0 Å². The summed E-state index contributed by atoms with van der Waals surface area (Å²) in [7, 11) is 0. The second kappa shape index (κ2) is 9.55. The van der Waals surface area contributed by atoms with Crippen LogP contribution < -0.4 is 4.74 Å². The Morgan fingerprint density at radius 2 is 1.71 bits per heavy atom. The van der Waals surface area contributed by atoms with E-state index in [1.54, 1.807) is 0 Å². The summed E-state index contributed by atoms with van der Waals surface area (Å²) in [5, 5.41) is 0. The van der Waals surface area contributed by atoms with Gasteiger partial charge in [0, 0.05) is 5.92 Å². The van der Waals surface area contributed by atoms with Crippen molar-refractivity contribution >= 4 is 0 Å². The minimum absolute atomic E-state index is 0.318. The van der Waals surface area contributed by atoms with Gasteiger partial charge in [-0.2, -0.15) is 8.78 Å². The van der Waals surface area contributed by atoms with Crippen molar-refractivity contribution in [3.05, 3.63) is 54.4 Å². The van der Waals surface area contributed by atoms with Gasteiger partial charge in [-0.1, -0.05) is 18.2 Å². The molecule has 0 radical (unpaired) electrons. The van der Waals surface area contributed by atoms with Crippen LogP contribution in [0.25, 0.3) is 0 Å². The highest BCUT2D eigenvalue weighted by Crippen LogP contribution is 2.40. The fourth-order valence-electron chi connectivity index (χ4n) is 3.25. The van der Waals surface area contributed by atoms with E-state index in [0.717, 1.165) is 37.9 Å². The van der Waals surface area contributed by atoms with Gasteiger partial charge in [0.25, 0.3) is 0 Å². The van der Waals surface area contributed by atoms with Crippen molar-refractivity contribution in [1.82, 2.24) is 0 Å². The first-order chi connectivity index (χ1) is 11.6. The molecule has 0 heterocycles. The van der Waals surface area contributed by atoms with E-state index in [2.05, 4.69) is 6.58 Å². The number of ether oxygens (including phenoxy) is 1. The standard InChI is InChI=1S/C20H25F3O/c1-2-3-4-5-14-24-18-12-10-16(11-13-18)15-6-8-17(9-7-15)19(21)20(22)23/h2,10-13,15,17H,1,3-9,14H2. The van der Waals surface area contributed by atoms with Crippen LogP contribution >= 0.6 is 0 Å². The highest BCUT2D eigenvalue weighted by Gasteiger charge is 2.27. The minimum Gasteiger partial charge on any atom is -0.494 e. The SMILES string of the molecule is C=CCCCCOc1ccc(C2CCC(C(F)=C(F)F)CC2)cc1. The molecule has 1 nitrogen and oxygen atoms in total. The first kappa shape index (κ1) is 18.6. The molecule has 0 unspecified atom stereocenters. The number of hydrogen-bond donors (Lipinski definition) is 0. The number of benzene rings is 1. The van der Waals surface area contributed by atoms with Crippen LogP contribution in [0, 0.1) is 5.92 Å². The van der Waals surface area contributed by atoms with E-state index in [-0.39, 0.29) is 0 Å². The van der Waals surface area contributed by atoms with Crippen molar-refractivity contribution in [1.29, 1.82) is 0 Å². The number of rotatable bonds is 8. The van der Waals surface area contributed by atoms with Gasteiger partial charge in [0.15, 0.2) is 5.83 Å². The zero-order chi connectivity index (χ0) is 17.4. The van der Waals surface area contributed by atoms with Crippen LogP contribution in [0.5, 0.6) is 5.75 Å². The van der Waals surface area contributed by atoms with Crippen molar-refractivity contribution in [3.8, 4) is 5.75 Å². The monoisotopic (exact) mass is 338 g/mol. The van der Waals surface area contributed by atoms with Gasteiger partial charge in [-0.05, 0) is 68.6 Å². The van der Waals surface area contributed by atoms with Crippen molar-refractivity contribution < 1.29 is 17.9 Å². The van der Waals surface area contributed by atoms with Crippen LogP contribution in [0.2, 0.25) is 0 Å². The molecular weight excluding hydrogens is 313 g/mol. The first-order valence-corrected chi connectivity index (χ1v) is 8.66. The number of halogens is 3. The van der Waals surface area contributed by atoms with Crippen molar-refractivity contribution in [2.75, 3.05) is 6.61 Å². The largest absolute Gasteiger partial charge is 0.494 e. The number of unbranched alkanes of at least 4 members (excludes halogenated alkanes) is 2. The molecular formula is C20H25F3O. The summed E-state index contributed by atoms with van der Waals surface area (Å²) in [4.78, 5) is 0. The molecule has 0 aliphatic heterocycles. The average Bonchev–Trinajstić information content (AvgIpc) is 2.61. The molecule has 2 rings (SSSR count). The Labute approximate surface area is 142 Å². The summed E-state index contributed by atoms with van der Waals surface area (Å²) < 4.78 is 43.7. The Kier molecular flexibility index (Phi) is 7.41. The Balaban J connectivity index is 1.80. The molecule has 0 N–H and O–H groups in total.